The van der Waals surface area contributed by atoms with Gasteiger partial charge in [0.25, 0.3) is 5.91 Å². The lowest BCUT2D eigenvalue weighted by atomic mass is 10.1. The molecule has 0 saturated carbocycles. The number of hydrogen-bond acceptors (Lipinski definition) is 4. The van der Waals surface area contributed by atoms with Gasteiger partial charge in [-0.1, -0.05) is 36.0 Å². The number of amides is 1. The number of carbonyl (C=O) groups is 1. The molecule has 0 aromatic heterocycles. The van der Waals surface area contributed by atoms with Gasteiger partial charge in [0.1, 0.15) is 10.8 Å². The van der Waals surface area contributed by atoms with Crippen LogP contribution in [0.15, 0.2) is 36.4 Å². The van der Waals surface area contributed by atoms with Gasteiger partial charge in [0.2, 0.25) is 0 Å². The fourth-order valence-electron chi connectivity index (χ4n) is 3.15. The summed E-state index contributed by atoms with van der Waals surface area (Å²) in [5, 5.41) is 2.75. The number of piperidine rings is 1. The molecule has 2 aromatic carbocycles. The van der Waals surface area contributed by atoms with Crippen LogP contribution >= 0.6 is 23.8 Å². The minimum absolute atomic E-state index is 0.0846. The van der Waals surface area contributed by atoms with Crippen molar-refractivity contribution in [2.24, 2.45) is 0 Å². The molecular weight excluding hydrogens is 415 g/mol. The van der Waals surface area contributed by atoms with Crippen molar-refractivity contribution in [1.82, 2.24) is 4.90 Å². The molecule has 0 aliphatic carbocycles. The van der Waals surface area contributed by atoms with Crippen molar-refractivity contribution in [1.29, 1.82) is 0 Å². The molecule has 154 valence electrons. The first-order valence-corrected chi connectivity index (χ1v) is 10.1. The molecule has 1 N–H and O–H groups in total. The number of halogens is 2. The van der Waals surface area contributed by atoms with Gasteiger partial charge in [0.15, 0.2) is 18.1 Å². The second kappa shape index (κ2) is 9.89. The number of anilines is 1. The van der Waals surface area contributed by atoms with Crippen LogP contribution in [0.3, 0.4) is 0 Å². The number of thiocarbonyl (C=S) groups is 1. The molecule has 29 heavy (non-hydrogen) atoms. The van der Waals surface area contributed by atoms with E-state index in [1.165, 1.54) is 25.7 Å². The smallest absolute Gasteiger partial charge is 0.262 e. The van der Waals surface area contributed by atoms with Crippen molar-refractivity contribution in [3.05, 3.63) is 52.8 Å². The first-order chi connectivity index (χ1) is 14.0. The van der Waals surface area contributed by atoms with Crippen molar-refractivity contribution >= 4 is 40.4 Å². The molecule has 1 heterocycles. The average Bonchev–Trinajstić information content (AvgIpc) is 2.74. The number of methoxy groups -OCH3 is 1. The van der Waals surface area contributed by atoms with Gasteiger partial charge >= 0.3 is 0 Å². The van der Waals surface area contributed by atoms with Gasteiger partial charge in [0.05, 0.1) is 17.8 Å². The van der Waals surface area contributed by atoms with Gasteiger partial charge in [-0.15, -0.1) is 0 Å². The highest BCUT2D eigenvalue weighted by Gasteiger charge is 2.20. The second-order valence-electron chi connectivity index (χ2n) is 6.66. The van der Waals surface area contributed by atoms with E-state index in [0.717, 1.165) is 31.5 Å². The Labute approximate surface area is 179 Å². The maximum absolute atomic E-state index is 13.7. The molecule has 1 amide bonds. The molecular formula is C21H22ClFN2O3S. The van der Waals surface area contributed by atoms with Gasteiger partial charge in [-0.25, -0.2) is 4.39 Å². The normalized spacial score (nSPS) is 13.7. The Balaban J connectivity index is 1.70. The zero-order valence-electron chi connectivity index (χ0n) is 16.0. The van der Waals surface area contributed by atoms with Crippen LogP contribution in [0.4, 0.5) is 10.1 Å². The first kappa shape index (κ1) is 21.3. The highest BCUT2D eigenvalue weighted by molar-refractivity contribution is 7.80. The molecule has 1 aliphatic heterocycles. The number of nitrogens with one attached hydrogen (secondary N) is 1. The predicted octanol–water partition coefficient (Wildman–Crippen LogP) is 4.67. The predicted molar refractivity (Wildman–Crippen MR) is 116 cm³/mol. The third-order valence-electron chi connectivity index (χ3n) is 4.62. The summed E-state index contributed by atoms with van der Waals surface area (Å²) in [4.78, 5) is 15.0. The van der Waals surface area contributed by atoms with E-state index < -0.39 is 11.7 Å². The molecule has 1 fully saturated rings. The molecule has 0 spiro atoms. The Morgan fingerprint density at radius 3 is 2.66 bits per heavy atom. The molecule has 0 radical (unpaired) electrons. The Hall–Kier alpha value is -2.38. The van der Waals surface area contributed by atoms with Crippen molar-refractivity contribution in [2.75, 3.05) is 32.1 Å². The van der Waals surface area contributed by atoms with Crippen LogP contribution in [-0.4, -0.2) is 42.6 Å². The summed E-state index contributed by atoms with van der Waals surface area (Å²) in [7, 11) is 1.49. The van der Waals surface area contributed by atoms with Gasteiger partial charge in [-0.3, -0.25) is 4.79 Å². The third kappa shape index (κ3) is 5.36. The fraction of sp³-hybridized carbons (Fsp3) is 0.333. The van der Waals surface area contributed by atoms with E-state index >= 15 is 0 Å². The third-order valence-corrected chi connectivity index (χ3v) is 5.39. The van der Waals surface area contributed by atoms with E-state index in [-0.39, 0.29) is 23.1 Å². The summed E-state index contributed by atoms with van der Waals surface area (Å²) in [6.07, 6.45) is 3.44. The number of benzene rings is 2. The van der Waals surface area contributed by atoms with Crippen molar-refractivity contribution < 1.29 is 18.7 Å². The Kier molecular flexibility index (Phi) is 7.28. The zero-order chi connectivity index (χ0) is 20.8. The van der Waals surface area contributed by atoms with Crippen LogP contribution in [0.2, 0.25) is 5.02 Å². The molecule has 3 rings (SSSR count). The highest BCUT2D eigenvalue weighted by atomic mass is 35.5. The number of carbonyl (C=O) groups excluding carboxylic acids is 1. The largest absolute Gasteiger partial charge is 0.493 e. The van der Waals surface area contributed by atoms with Crippen molar-refractivity contribution in [2.45, 2.75) is 19.3 Å². The first-order valence-electron chi connectivity index (χ1n) is 9.33. The molecule has 1 saturated heterocycles. The van der Waals surface area contributed by atoms with E-state index in [4.69, 9.17) is 33.3 Å². The SMILES string of the molecule is COc1cc(C(=S)N2CCCCC2)cc(Cl)c1OCC(=O)Nc1ccccc1F. The lowest BCUT2D eigenvalue weighted by Crippen LogP contribution is -2.34. The number of ether oxygens (including phenoxy) is 2. The zero-order valence-corrected chi connectivity index (χ0v) is 17.6. The van der Waals surface area contributed by atoms with E-state index in [0.29, 0.717) is 10.7 Å². The molecule has 0 unspecified atom stereocenters. The number of likely N-dealkylation sites (tertiary alicyclic amines) is 1. The van der Waals surface area contributed by atoms with Crippen LogP contribution < -0.4 is 14.8 Å². The summed E-state index contributed by atoms with van der Waals surface area (Å²) in [5.74, 6) is -0.415. The van der Waals surface area contributed by atoms with Crippen molar-refractivity contribution in [3.8, 4) is 11.5 Å². The van der Waals surface area contributed by atoms with E-state index in [9.17, 15) is 9.18 Å². The number of rotatable bonds is 6. The second-order valence-corrected chi connectivity index (χ2v) is 7.45. The summed E-state index contributed by atoms with van der Waals surface area (Å²) < 4.78 is 24.6. The van der Waals surface area contributed by atoms with Gasteiger partial charge < -0.3 is 19.7 Å². The molecule has 0 bridgehead atoms. The Morgan fingerprint density at radius 2 is 1.97 bits per heavy atom. The van der Waals surface area contributed by atoms with Crippen LogP contribution in [0.5, 0.6) is 11.5 Å². The monoisotopic (exact) mass is 436 g/mol. The van der Waals surface area contributed by atoms with Gasteiger partial charge in [0, 0.05) is 18.7 Å². The van der Waals surface area contributed by atoms with Crippen LogP contribution in [0, 0.1) is 5.82 Å². The summed E-state index contributed by atoms with van der Waals surface area (Å²) >= 11 is 12.0. The van der Waals surface area contributed by atoms with Crippen LogP contribution in [0.1, 0.15) is 24.8 Å². The molecule has 1 aliphatic rings. The number of para-hydroxylation sites is 1. The Morgan fingerprint density at radius 1 is 1.24 bits per heavy atom. The molecule has 0 atom stereocenters. The van der Waals surface area contributed by atoms with Gasteiger partial charge in [-0.2, -0.15) is 0 Å². The summed E-state index contributed by atoms with van der Waals surface area (Å²) in [5.41, 5.74) is 0.855. The molecule has 8 heteroatoms. The number of hydrogen-bond donors (Lipinski definition) is 1. The average molecular weight is 437 g/mol. The van der Waals surface area contributed by atoms with E-state index in [2.05, 4.69) is 10.2 Å². The lowest BCUT2D eigenvalue weighted by Gasteiger charge is -2.29. The standard InChI is InChI=1S/C21H22ClFN2O3S/c1-27-18-12-14(21(29)25-9-5-2-6-10-25)11-15(22)20(18)28-13-19(26)24-17-8-4-3-7-16(17)23/h3-4,7-8,11-12H,2,5-6,9-10,13H2,1H3,(H,24,26). The maximum atomic E-state index is 13.7. The topological polar surface area (TPSA) is 50.8 Å². The molecule has 2 aromatic rings. The minimum Gasteiger partial charge on any atom is -0.493 e. The fourth-order valence-corrected chi connectivity index (χ4v) is 3.72. The van der Waals surface area contributed by atoms with Crippen LogP contribution in [0.25, 0.3) is 0 Å². The minimum atomic E-state index is -0.521. The lowest BCUT2D eigenvalue weighted by molar-refractivity contribution is -0.118. The van der Waals surface area contributed by atoms with E-state index in [1.807, 2.05) is 0 Å². The van der Waals surface area contributed by atoms with Crippen LogP contribution in [-0.2, 0) is 4.79 Å². The molecule has 5 nitrogen and oxygen atoms in total. The maximum Gasteiger partial charge on any atom is 0.262 e. The summed E-state index contributed by atoms with van der Waals surface area (Å²) in [6.45, 7) is 1.50. The van der Waals surface area contributed by atoms with E-state index in [1.54, 1.807) is 24.3 Å². The highest BCUT2D eigenvalue weighted by Crippen LogP contribution is 2.37. The quantitative estimate of drug-likeness (QED) is 0.667. The summed E-state index contributed by atoms with van der Waals surface area (Å²) in [6, 6.07) is 9.38. The number of nitrogens with zero attached hydrogens (tertiary/aromatic N) is 1. The Bertz CT molecular complexity index is 903. The van der Waals surface area contributed by atoms with Gasteiger partial charge in [-0.05, 0) is 43.5 Å². The van der Waals surface area contributed by atoms with Crippen molar-refractivity contribution in [3.63, 3.8) is 0 Å².